The Balaban J connectivity index is 1.89. The molecule has 4 aromatic rings. The Morgan fingerprint density at radius 2 is 2.00 bits per heavy atom. The molecule has 2 aromatic heterocycles. The molecule has 1 N–H and O–H groups in total. The summed E-state index contributed by atoms with van der Waals surface area (Å²) < 4.78 is 9.05. The monoisotopic (exact) mass is 321 g/mol. The standard InChI is InChI=1S/C17H15N5O2/c1-21-15-5-3-11(9-14(15)19-20-21)22-8-7-18-17(22)13-10-12(23)4-6-16(13)24-2/h3-10,23H,1-2H3. The van der Waals surface area contributed by atoms with E-state index in [1.807, 2.05) is 36.0 Å². The second-order valence-electron chi connectivity index (χ2n) is 5.39. The number of methoxy groups -OCH3 is 1. The zero-order valence-corrected chi connectivity index (χ0v) is 13.2. The average Bonchev–Trinajstić information content (AvgIpc) is 3.22. The molecule has 0 aliphatic heterocycles. The molecule has 24 heavy (non-hydrogen) atoms. The summed E-state index contributed by atoms with van der Waals surface area (Å²) in [6.07, 6.45) is 3.57. The largest absolute Gasteiger partial charge is 0.508 e. The fourth-order valence-electron chi connectivity index (χ4n) is 2.76. The predicted molar refractivity (Wildman–Crippen MR) is 89.3 cm³/mol. The Bertz CT molecular complexity index is 1030. The molecule has 0 aliphatic carbocycles. The number of ether oxygens (including phenoxy) is 1. The molecule has 4 rings (SSSR count). The molecular weight excluding hydrogens is 306 g/mol. The third-order valence-corrected chi connectivity index (χ3v) is 3.94. The first kappa shape index (κ1) is 14.3. The Kier molecular flexibility index (Phi) is 3.19. The van der Waals surface area contributed by atoms with Gasteiger partial charge in [0.1, 0.15) is 22.8 Å². The van der Waals surface area contributed by atoms with Gasteiger partial charge in [0, 0.05) is 25.1 Å². The second kappa shape index (κ2) is 5.38. The summed E-state index contributed by atoms with van der Waals surface area (Å²) >= 11 is 0. The van der Waals surface area contributed by atoms with Gasteiger partial charge in [0.15, 0.2) is 0 Å². The summed E-state index contributed by atoms with van der Waals surface area (Å²) in [6.45, 7) is 0. The highest BCUT2D eigenvalue weighted by molar-refractivity contribution is 5.77. The lowest BCUT2D eigenvalue weighted by molar-refractivity contribution is 0.413. The lowest BCUT2D eigenvalue weighted by atomic mass is 10.1. The Hall–Kier alpha value is -3.35. The highest BCUT2D eigenvalue weighted by Crippen LogP contribution is 2.33. The van der Waals surface area contributed by atoms with E-state index in [9.17, 15) is 5.11 Å². The van der Waals surface area contributed by atoms with Crippen molar-refractivity contribution in [3.8, 4) is 28.6 Å². The third kappa shape index (κ3) is 2.18. The molecule has 2 heterocycles. The number of imidazole rings is 1. The molecule has 0 unspecified atom stereocenters. The molecule has 7 nitrogen and oxygen atoms in total. The first-order valence-electron chi connectivity index (χ1n) is 7.38. The topological polar surface area (TPSA) is 78.0 Å². The first-order chi connectivity index (χ1) is 11.7. The van der Waals surface area contributed by atoms with E-state index in [0.29, 0.717) is 17.1 Å². The number of rotatable bonds is 3. The number of hydrogen-bond donors (Lipinski definition) is 1. The van der Waals surface area contributed by atoms with Crippen molar-refractivity contribution in [2.24, 2.45) is 7.05 Å². The van der Waals surface area contributed by atoms with Gasteiger partial charge in [-0.1, -0.05) is 5.21 Å². The molecule has 0 saturated carbocycles. The number of aryl methyl sites for hydroxylation is 1. The minimum Gasteiger partial charge on any atom is -0.508 e. The number of fused-ring (bicyclic) bond motifs is 1. The molecule has 0 aliphatic rings. The summed E-state index contributed by atoms with van der Waals surface area (Å²) in [4.78, 5) is 4.43. The highest BCUT2D eigenvalue weighted by Gasteiger charge is 2.14. The second-order valence-corrected chi connectivity index (χ2v) is 5.39. The quantitative estimate of drug-likeness (QED) is 0.627. The molecule has 7 heteroatoms. The van der Waals surface area contributed by atoms with Gasteiger partial charge in [-0.2, -0.15) is 0 Å². The summed E-state index contributed by atoms with van der Waals surface area (Å²) in [5.74, 6) is 1.47. The zero-order chi connectivity index (χ0) is 16.7. The van der Waals surface area contributed by atoms with E-state index in [4.69, 9.17) is 4.74 Å². The first-order valence-corrected chi connectivity index (χ1v) is 7.38. The van der Waals surface area contributed by atoms with Crippen LogP contribution in [-0.2, 0) is 7.05 Å². The van der Waals surface area contributed by atoms with Gasteiger partial charge in [0.2, 0.25) is 0 Å². The number of benzene rings is 2. The van der Waals surface area contributed by atoms with Crippen molar-refractivity contribution in [1.29, 1.82) is 0 Å². The number of aromatic nitrogens is 5. The lowest BCUT2D eigenvalue weighted by Gasteiger charge is -2.11. The Labute approximate surface area is 137 Å². The van der Waals surface area contributed by atoms with E-state index in [0.717, 1.165) is 16.7 Å². The molecule has 0 atom stereocenters. The maximum atomic E-state index is 9.82. The molecule has 0 amide bonds. The van der Waals surface area contributed by atoms with Gasteiger partial charge in [0.05, 0.1) is 18.2 Å². The van der Waals surface area contributed by atoms with Crippen LogP contribution >= 0.6 is 0 Å². The van der Waals surface area contributed by atoms with Gasteiger partial charge in [0.25, 0.3) is 0 Å². The van der Waals surface area contributed by atoms with Gasteiger partial charge in [-0.3, -0.25) is 4.57 Å². The van der Waals surface area contributed by atoms with Crippen LogP contribution in [0.25, 0.3) is 28.1 Å². The number of phenolic OH excluding ortho intramolecular Hbond substituents is 1. The van der Waals surface area contributed by atoms with E-state index in [-0.39, 0.29) is 5.75 Å². The maximum Gasteiger partial charge on any atom is 0.148 e. The number of hydrogen-bond acceptors (Lipinski definition) is 5. The van der Waals surface area contributed by atoms with Gasteiger partial charge < -0.3 is 9.84 Å². The minimum absolute atomic E-state index is 0.157. The molecular formula is C17H15N5O2. The van der Waals surface area contributed by atoms with Crippen LogP contribution in [0.1, 0.15) is 0 Å². The van der Waals surface area contributed by atoms with E-state index in [2.05, 4.69) is 15.3 Å². The van der Waals surface area contributed by atoms with Crippen molar-refractivity contribution < 1.29 is 9.84 Å². The van der Waals surface area contributed by atoms with Crippen LogP contribution in [-0.4, -0.2) is 36.8 Å². The maximum absolute atomic E-state index is 9.82. The predicted octanol–water partition coefficient (Wildman–Crippen LogP) is 2.54. The van der Waals surface area contributed by atoms with Crippen molar-refractivity contribution in [1.82, 2.24) is 24.5 Å². The molecule has 0 radical (unpaired) electrons. The van der Waals surface area contributed by atoms with Gasteiger partial charge >= 0.3 is 0 Å². The molecule has 2 aromatic carbocycles. The Morgan fingerprint density at radius 1 is 1.12 bits per heavy atom. The van der Waals surface area contributed by atoms with Crippen molar-refractivity contribution in [2.45, 2.75) is 0 Å². The Morgan fingerprint density at radius 3 is 2.83 bits per heavy atom. The van der Waals surface area contributed by atoms with E-state index in [1.54, 1.807) is 36.2 Å². The summed E-state index contributed by atoms with van der Waals surface area (Å²) in [5, 5.41) is 18.0. The molecule has 0 fully saturated rings. The van der Waals surface area contributed by atoms with Gasteiger partial charge in [-0.25, -0.2) is 9.67 Å². The lowest BCUT2D eigenvalue weighted by Crippen LogP contribution is -1.98. The van der Waals surface area contributed by atoms with Crippen LogP contribution < -0.4 is 4.74 Å². The fourth-order valence-corrected chi connectivity index (χ4v) is 2.76. The zero-order valence-electron chi connectivity index (χ0n) is 13.2. The van der Waals surface area contributed by atoms with Gasteiger partial charge in [-0.05, 0) is 36.4 Å². The normalized spacial score (nSPS) is 11.1. The average molecular weight is 321 g/mol. The minimum atomic E-state index is 0.157. The molecule has 120 valence electrons. The fraction of sp³-hybridized carbons (Fsp3) is 0.118. The van der Waals surface area contributed by atoms with Crippen molar-refractivity contribution in [2.75, 3.05) is 7.11 Å². The van der Waals surface area contributed by atoms with Crippen LogP contribution in [0.5, 0.6) is 11.5 Å². The van der Waals surface area contributed by atoms with E-state index < -0.39 is 0 Å². The van der Waals surface area contributed by atoms with E-state index >= 15 is 0 Å². The van der Waals surface area contributed by atoms with Crippen LogP contribution in [0, 0.1) is 0 Å². The van der Waals surface area contributed by atoms with Crippen LogP contribution in [0.2, 0.25) is 0 Å². The van der Waals surface area contributed by atoms with E-state index in [1.165, 1.54) is 0 Å². The van der Waals surface area contributed by atoms with Crippen molar-refractivity contribution in [3.63, 3.8) is 0 Å². The van der Waals surface area contributed by atoms with Crippen molar-refractivity contribution in [3.05, 3.63) is 48.8 Å². The molecule has 0 saturated heterocycles. The molecule has 0 spiro atoms. The smallest absolute Gasteiger partial charge is 0.148 e. The van der Waals surface area contributed by atoms with Gasteiger partial charge in [-0.15, -0.1) is 5.10 Å². The van der Waals surface area contributed by atoms with Crippen LogP contribution in [0.15, 0.2) is 48.8 Å². The molecule has 0 bridgehead atoms. The van der Waals surface area contributed by atoms with Crippen LogP contribution in [0.3, 0.4) is 0 Å². The summed E-state index contributed by atoms with van der Waals surface area (Å²) in [6, 6.07) is 10.8. The van der Waals surface area contributed by atoms with Crippen LogP contribution in [0.4, 0.5) is 0 Å². The number of phenols is 1. The third-order valence-electron chi connectivity index (χ3n) is 3.94. The van der Waals surface area contributed by atoms with Crippen molar-refractivity contribution >= 4 is 11.0 Å². The number of aromatic hydroxyl groups is 1. The summed E-state index contributed by atoms with van der Waals surface area (Å²) in [7, 11) is 3.45. The summed E-state index contributed by atoms with van der Waals surface area (Å²) in [5.41, 5.74) is 3.37. The number of nitrogens with zero attached hydrogens (tertiary/aromatic N) is 5. The highest BCUT2D eigenvalue weighted by atomic mass is 16.5. The SMILES string of the molecule is COc1ccc(O)cc1-c1nccn1-c1ccc2c(c1)nnn2C.